The highest BCUT2D eigenvalue weighted by molar-refractivity contribution is 5.57. The van der Waals surface area contributed by atoms with Crippen molar-refractivity contribution in [1.29, 1.82) is 0 Å². The Morgan fingerprint density at radius 2 is 2.25 bits per heavy atom. The number of hydrogen-bond acceptors (Lipinski definition) is 2. The third-order valence-corrected chi connectivity index (χ3v) is 2.43. The lowest BCUT2D eigenvalue weighted by Crippen LogP contribution is -2.35. The maximum Gasteiger partial charge on any atom is 0.137 e. The predicted octanol–water partition coefficient (Wildman–Crippen LogP) is 1.62. The van der Waals surface area contributed by atoms with E-state index in [-0.39, 0.29) is 6.04 Å². The second-order valence-corrected chi connectivity index (χ2v) is 3.34. The van der Waals surface area contributed by atoms with Crippen LogP contribution in [-0.4, -0.2) is 30.3 Å². The van der Waals surface area contributed by atoms with Crippen molar-refractivity contribution in [3.8, 4) is 0 Å². The number of hydrogen-bond donors (Lipinski definition) is 0. The monoisotopic (exact) mass is 167 g/mol. The average molecular weight is 167 g/mol. The highest BCUT2D eigenvalue weighted by Gasteiger charge is 2.18. The van der Waals surface area contributed by atoms with Crippen LogP contribution in [-0.2, 0) is 4.79 Å². The fraction of sp³-hybridized carbons (Fsp3) is 0.700. The Balaban J connectivity index is 2.50. The molecule has 0 amide bonds. The summed E-state index contributed by atoms with van der Waals surface area (Å²) in [5, 5.41) is 0. The molecule has 1 rings (SSSR count). The van der Waals surface area contributed by atoms with Crippen molar-refractivity contribution in [2.75, 3.05) is 13.1 Å². The minimum absolute atomic E-state index is 0.144. The van der Waals surface area contributed by atoms with Crippen molar-refractivity contribution in [3.05, 3.63) is 12.7 Å². The first kappa shape index (κ1) is 9.46. The van der Waals surface area contributed by atoms with Crippen LogP contribution < -0.4 is 0 Å². The second-order valence-electron chi connectivity index (χ2n) is 3.34. The number of rotatable bonds is 3. The van der Waals surface area contributed by atoms with E-state index in [0.717, 1.165) is 25.8 Å². The largest absolute Gasteiger partial charge is 0.302 e. The Labute approximate surface area is 74.2 Å². The van der Waals surface area contributed by atoms with Crippen LogP contribution in [0.1, 0.15) is 25.7 Å². The predicted molar refractivity (Wildman–Crippen MR) is 50.1 cm³/mol. The molecule has 12 heavy (non-hydrogen) atoms. The molecule has 2 heteroatoms. The van der Waals surface area contributed by atoms with Crippen LogP contribution >= 0.6 is 0 Å². The van der Waals surface area contributed by atoms with Crippen molar-refractivity contribution in [2.45, 2.75) is 31.7 Å². The zero-order valence-electron chi connectivity index (χ0n) is 7.54. The van der Waals surface area contributed by atoms with Crippen LogP contribution in [0.3, 0.4) is 0 Å². The van der Waals surface area contributed by atoms with E-state index < -0.39 is 0 Å². The molecule has 0 bridgehead atoms. The van der Waals surface area contributed by atoms with Crippen molar-refractivity contribution in [3.63, 3.8) is 0 Å². The van der Waals surface area contributed by atoms with E-state index in [1.807, 2.05) is 6.08 Å². The van der Waals surface area contributed by atoms with E-state index in [1.54, 1.807) is 0 Å². The van der Waals surface area contributed by atoms with Gasteiger partial charge in [-0.05, 0) is 19.4 Å². The average Bonchev–Trinajstić information content (AvgIpc) is 2.30. The molecule has 1 saturated heterocycles. The van der Waals surface area contributed by atoms with E-state index in [1.165, 1.54) is 19.3 Å². The number of nitrogens with zero attached hydrogens (tertiary/aromatic N) is 1. The van der Waals surface area contributed by atoms with E-state index in [9.17, 15) is 4.79 Å². The molecule has 0 aromatic rings. The minimum atomic E-state index is 0.144. The number of carbonyl (C=O) groups excluding carboxylic acids is 1. The maximum atomic E-state index is 10.7. The molecule has 1 unspecified atom stereocenters. The third kappa shape index (κ3) is 2.45. The van der Waals surface area contributed by atoms with Crippen LogP contribution in [0.5, 0.6) is 0 Å². The molecule has 0 radical (unpaired) electrons. The molecule has 1 aliphatic rings. The lowest BCUT2D eigenvalue weighted by atomic mass is 10.1. The quantitative estimate of drug-likeness (QED) is 0.470. The van der Waals surface area contributed by atoms with E-state index in [0.29, 0.717) is 0 Å². The highest BCUT2D eigenvalue weighted by atomic mass is 16.1. The van der Waals surface area contributed by atoms with E-state index >= 15 is 0 Å². The van der Waals surface area contributed by atoms with Crippen LogP contribution in [0.15, 0.2) is 12.7 Å². The fourth-order valence-corrected chi connectivity index (χ4v) is 1.74. The van der Waals surface area contributed by atoms with Crippen molar-refractivity contribution in [2.24, 2.45) is 0 Å². The Hall–Kier alpha value is -0.630. The zero-order valence-corrected chi connectivity index (χ0v) is 7.54. The molecule has 1 atom stereocenters. The minimum Gasteiger partial charge on any atom is -0.302 e. The summed E-state index contributed by atoms with van der Waals surface area (Å²) in [6.45, 7) is 5.60. The summed E-state index contributed by atoms with van der Waals surface area (Å²) in [5.41, 5.74) is 0. The van der Waals surface area contributed by atoms with Gasteiger partial charge in [0.25, 0.3) is 0 Å². The van der Waals surface area contributed by atoms with Crippen LogP contribution in [0, 0.1) is 0 Å². The molecule has 1 fully saturated rings. The Bertz CT molecular complexity index is 156. The molecule has 0 spiro atoms. The molecule has 0 aliphatic carbocycles. The molecule has 0 N–H and O–H groups in total. The number of carbonyl (C=O) groups is 1. The van der Waals surface area contributed by atoms with Gasteiger partial charge in [-0.25, -0.2) is 0 Å². The smallest absolute Gasteiger partial charge is 0.137 e. The van der Waals surface area contributed by atoms with E-state index in [4.69, 9.17) is 0 Å². The van der Waals surface area contributed by atoms with Gasteiger partial charge >= 0.3 is 0 Å². The van der Waals surface area contributed by atoms with Crippen molar-refractivity contribution < 1.29 is 4.79 Å². The first-order chi connectivity index (χ1) is 5.88. The first-order valence-electron chi connectivity index (χ1n) is 4.68. The molecule has 0 saturated carbocycles. The summed E-state index contributed by atoms with van der Waals surface area (Å²) in [5.74, 6) is 0. The summed E-state index contributed by atoms with van der Waals surface area (Å²) in [7, 11) is 0. The number of aldehydes is 1. The molecule has 1 aliphatic heterocycles. The van der Waals surface area contributed by atoms with Gasteiger partial charge in [0.1, 0.15) is 6.29 Å². The summed E-state index contributed by atoms with van der Waals surface area (Å²) < 4.78 is 0. The normalized spacial score (nSPS) is 26.2. The van der Waals surface area contributed by atoms with Gasteiger partial charge < -0.3 is 4.79 Å². The zero-order chi connectivity index (χ0) is 8.81. The van der Waals surface area contributed by atoms with E-state index in [2.05, 4.69) is 11.5 Å². The Morgan fingerprint density at radius 1 is 1.42 bits per heavy atom. The molecular weight excluding hydrogens is 150 g/mol. The number of likely N-dealkylation sites (tertiary alicyclic amines) is 1. The van der Waals surface area contributed by atoms with Gasteiger partial charge in [0.05, 0.1) is 6.04 Å². The van der Waals surface area contributed by atoms with Gasteiger partial charge in [0.2, 0.25) is 0 Å². The topological polar surface area (TPSA) is 20.3 Å². The second kappa shape index (κ2) is 5.09. The third-order valence-electron chi connectivity index (χ3n) is 2.43. The first-order valence-corrected chi connectivity index (χ1v) is 4.68. The fourth-order valence-electron chi connectivity index (χ4n) is 1.74. The van der Waals surface area contributed by atoms with Gasteiger partial charge in [0, 0.05) is 6.54 Å². The molecule has 68 valence electrons. The van der Waals surface area contributed by atoms with Crippen LogP contribution in [0.4, 0.5) is 0 Å². The molecule has 0 aromatic heterocycles. The summed E-state index contributed by atoms with van der Waals surface area (Å²) in [6.07, 6.45) is 7.65. The summed E-state index contributed by atoms with van der Waals surface area (Å²) in [6, 6.07) is 0.144. The Kier molecular flexibility index (Phi) is 4.01. The molecule has 2 nitrogen and oxygen atoms in total. The summed E-state index contributed by atoms with van der Waals surface area (Å²) >= 11 is 0. The standard InChI is InChI=1S/C10H17NO/c1-2-7-11-8-5-3-4-6-10(11)9-12/h2,9-10H,1,3-8H2. The molecule has 1 heterocycles. The van der Waals surface area contributed by atoms with Gasteiger partial charge in [-0.1, -0.05) is 18.9 Å². The lowest BCUT2D eigenvalue weighted by molar-refractivity contribution is -0.112. The van der Waals surface area contributed by atoms with Crippen LogP contribution in [0.2, 0.25) is 0 Å². The van der Waals surface area contributed by atoms with Crippen molar-refractivity contribution >= 4 is 6.29 Å². The SMILES string of the molecule is C=CCN1CCCCCC1C=O. The highest BCUT2D eigenvalue weighted by Crippen LogP contribution is 2.14. The van der Waals surface area contributed by atoms with Crippen molar-refractivity contribution in [1.82, 2.24) is 4.90 Å². The molecule has 0 aromatic carbocycles. The van der Waals surface area contributed by atoms with Gasteiger partial charge in [-0.3, -0.25) is 4.90 Å². The van der Waals surface area contributed by atoms with Gasteiger partial charge in [-0.15, -0.1) is 6.58 Å². The molecular formula is C10H17NO. The van der Waals surface area contributed by atoms with Crippen LogP contribution in [0.25, 0.3) is 0 Å². The maximum absolute atomic E-state index is 10.7. The lowest BCUT2D eigenvalue weighted by Gasteiger charge is -2.23. The summed E-state index contributed by atoms with van der Waals surface area (Å²) in [4.78, 5) is 12.9. The van der Waals surface area contributed by atoms with Gasteiger partial charge in [0.15, 0.2) is 0 Å². The Morgan fingerprint density at radius 3 is 2.92 bits per heavy atom. The van der Waals surface area contributed by atoms with Gasteiger partial charge in [-0.2, -0.15) is 0 Å².